The smallest absolute Gasteiger partial charge is 0.383 e. The lowest BCUT2D eigenvalue weighted by molar-refractivity contribution is -0.164. The van der Waals surface area contributed by atoms with Crippen LogP contribution in [0.15, 0.2) is 34.9 Å². The molecular formula is C24H29F3N6O3. The molecule has 36 heavy (non-hydrogen) atoms. The molecule has 5 N–H and O–H groups in total. The number of nitrogens with one attached hydrogen (secondary N) is 1. The van der Waals surface area contributed by atoms with E-state index < -0.39 is 29.9 Å². The van der Waals surface area contributed by atoms with Gasteiger partial charge >= 0.3 is 6.18 Å². The fraction of sp³-hybridized carbons (Fsp3) is 0.417. The zero-order valence-electron chi connectivity index (χ0n) is 20.6. The van der Waals surface area contributed by atoms with Gasteiger partial charge in [0.25, 0.3) is 5.91 Å². The van der Waals surface area contributed by atoms with Crippen molar-refractivity contribution in [2.24, 2.45) is 11.1 Å². The van der Waals surface area contributed by atoms with Gasteiger partial charge in [0.15, 0.2) is 0 Å². The van der Waals surface area contributed by atoms with Crippen molar-refractivity contribution in [2.75, 3.05) is 11.1 Å². The topological polar surface area (TPSA) is 142 Å². The molecule has 194 valence electrons. The van der Waals surface area contributed by atoms with E-state index in [4.69, 9.17) is 16.0 Å². The van der Waals surface area contributed by atoms with E-state index in [-0.39, 0.29) is 28.5 Å². The van der Waals surface area contributed by atoms with Crippen LogP contribution in [0, 0.1) is 5.41 Å². The van der Waals surface area contributed by atoms with E-state index in [0.717, 1.165) is 12.6 Å². The number of amides is 2. The summed E-state index contributed by atoms with van der Waals surface area (Å²) in [5.41, 5.74) is 12.5. The monoisotopic (exact) mass is 506 g/mol. The van der Waals surface area contributed by atoms with Crippen molar-refractivity contribution < 1.29 is 27.3 Å². The fourth-order valence-electron chi connectivity index (χ4n) is 3.63. The van der Waals surface area contributed by atoms with E-state index in [1.54, 1.807) is 25.1 Å². The molecule has 2 unspecified atom stereocenters. The van der Waals surface area contributed by atoms with Gasteiger partial charge in [0.1, 0.15) is 23.1 Å². The Kier molecular flexibility index (Phi) is 7.19. The predicted molar refractivity (Wildman–Crippen MR) is 128 cm³/mol. The van der Waals surface area contributed by atoms with Crippen LogP contribution in [0.4, 0.5) is 24.9 Å². The van der Waals surface area contributed by atoms with Crippen molar-refractivity contribution in [1.29, 1.82) is 0 Å². The molecule has 0 saturated heterocycles. The molecule has 0 saturated carbocycles. The molecule has 9 nitrogen and oxygen atoms in total. The van der Waals surface area contributed by atoms with Crippen LogP contribution in [-0.2, 0) is 11.2 Å². The Hall–Kier alpha value is -3.83. The normalized spacial score (nSPS) is 13.9. The number of hydrogen-bond acceptors (Lipinski definition) is 6. The number of hydrogen-bond donors (Lipinski definition) is 3. The number of nitrogens with zero attached hydrogens (tertiary/aromatic N) is 3. The lowest BCUT2D eigenvalue weighted by Crippen LogP contribution is -2.26. The summed E-state index contributed by atoms with van der Waals surface area (Å²) in [7, 11) is 0. The van der Waals surface area contributed by atoms with Gasteiger partial charge in [-0.2, -0.15) is 18.3 Å². The number of carbonyl (C=O) groups is 2. The summed E-state index contributed by atoms with van der Waals surface area (Å²) in [6, 6.07) is 5.90. The maximum absolute atomic E-state index is 13.2. The van der Waals surface area contributed by atoms with Crippen LogP contribution in [0.3, 0.4) is 0 Å². The third-order valence-electron chi connectivity index (χ3n) is 5.63. The van der Waals surface area contributed by atoms with Crippen LogP contribution in [0.1, 0.15) is 68.2 Å². The molecule has 0 bridgehead atoms. The minimum atomic E-state index is -4.63. The summed E-state index contributed by atoms with van der Waals surface area (Å²) in [6.45, 7) is 8.75. The van der Waals surface area contributed by atoms with Crippen molar-refractivity contribution in [1.82, 2.24) is 14.9 Å². The van der Waals surface area contributed by atoms with Crippen molar-refractivity contribution in [3.05, 3.63) is 47.2 Å². The molecule has 3 rings (SSSR count). The Bertz CT molecular complexity index is 1260. The highest BCUT2D eigenvalue weighted by Crippen LogP contribution is 2.36. The second-order valence-electron chi connectivity index (χ2n) is 9.89. The average Bonchev–Trinajstić information content (AvgIpc) is 3.34. The Morgan fingerprint density at radius 1 is 1.14 bits per heavy atom. The Labute approximate surface area is 206 Å². The highest BCUT2D eigenvalue weighted by atomic mass is 19.4. The van der Waals surface area contributed by atoms with Crippen LogP contribution in [-0.4, -0.2) is 32.9 Å². The van der Waals surface area contributed by atoms with Crippen LogP contribution in [0.25, 0.3) is 11.3 Å². The molecule has 1 aromatic carbocycles. The molecule has 0 radical (unpaired) electrons. The first-order valence-corrected chi connectivity index (χ1v) is 11.2. The van der Waals surface area contributed by atoms with Gasteiger partial charge in [-0.05, 0) is 31.2 Å². The molecule has 0 aliphatic carbocycles. The van der Waals surface area contributed by atoms with Crippen LogP contribution in [0.5, 0.6) is 0 Å². The summed E-state index contributed by atoms with van der Waals surface area (Å²) < 4.78 is 45.4. The second kappa shape index (κ2) is 9.67. The summed E-state index contributed by atoms with van der Waals surface area (Å²) in [4.78, 5) is 24.7. The number of benzene rings is 1. The van der Waals surface area contributed by atoms with Crippen LogP contribution < -0.4 is 16.8 Å². The minimum absolute atomic E-state index is 0.00680. The first-order chi connectivity index (χ1) is 16.6. The minimum Gasteiger partial charge on any atom is -0.383 e. The third-order valence-corrected chi connectivity index (χ3v) is 5.63. The van der Waals surface area contributed by atoms with E-state index in [2.05, 4.69) is 36.3 Å². The van der Waals surface area contributed by atoms with Crippen molar-refractivity contribution >= 4 is 23.5 Å². The van der Waals surface area contributed by atoms with Gasteiger partial charge in [0.05, 0.1) is 11.6 Å². The van der Waals surface area contributed by atoms with Crippen molar-refractivity contribution in [2.45, 2.75) is 59.2 Å². The first-order valence-electron chi connectivity index (χ1n) is 11.2. The lowest BCUT2D eigenvalue weighted by Gasteiger charge is -2.17. The number of alkyl halides is 3. The van der Waals surface area contributed by atoms with Crippen molar-refractivity contribution in [3.8, 4) is 11.3 Å². The van der Waals surface area contributed by atoms with Gasteiger partial charge in [0, 0.05) is 11.6 Å². The average molecular weight is 507 g/mol. The molecule has 0 fully saturated rings. The van der Waals surface area contributed by atoms with Gasteiger partial charge in [-0.3, -0.25) is 14.9 Å². The highest BCUT2D eigenvalue weighted by Gasteiger charge is 2.40. The maximum Gasteiger partial charge on any atom is 0.410 e. The number of primary amides is 1. The summed E-state index contributed by atoms with van der Waals surface area (Å²) >= 11 is 0. The second-order valence-corrected chi connectivity index (χ2v) is 9.89. The maximum atomic E-state index is 13.2. The molecule has 2 aromatic heterocycles. The fourth-order valence-corrected chi connectivity index (χ4v) is 3.63. The van der Waals surface area contributed by atoms with Gasteiger partial charge in [-0.15, -0.1) is 0 Å². The van der Waals surface area contributed by atoms with E-state index in [0.29, 0.717) is 22.2 Å². The molecule has 2 heterocycles. The third kappa shape index (κ3) is 5.86. The Balaban J connectivity index is 1.81. The number of nitrogen functional groups attached to an aromatic ring is 1. The zero-order chi connectivity index (χ0) is 27.0. The highest BCUT2D eigenvalue weighted by molar-refractivity contribution is 6.03. The van der Waals surface area contributed by atoms with Gasteiger partial charge < -0.3 is 16.0 Å². The van der Waals surface area contributed by atoms with Crippen molar-refractivity contribution in [3.63, 3.8) is 0 Å². The van der Waals surface area contributed by atoms with E-state index in [1.807, 2.05) is 0 Å². The van der Waals surface area contributed by atoms with Gasteiger partial charge in [0.2, 0.25) is 11.8 Å². The number of carbonyl (C=O) groups excluding carboxylic acids is 2. The number of anilines is 2. The number of halogens is 3. The molecule has 2 atom stereocenters. The Morgan fingerprint density at radius 3 is 2.28 bits per heavy atom. The molecule has 3 aromatic rings. The molecule has 0 aliphatic rings. The summed E-state index contributed by atoms with van der Waals surface area (Å²) in [5, 5.41) is 10.6. The zero-order valence-corrected chi connectivity index (χ0v) is 20.6. The molecule has 12 heteroatoms. The SMILES string of the molecule is CC(C(=O)Nc1cc(CC(C)(C)C)no1)c1ccc(-c2nn(C(C)C(F)(F)F)c(N)c2C(N)=O)cc1. The number of aromatic nitrogens is 3. The Morgan fingerprint density at radius 2 is 1.75 bits per heavy atom. The van der Waals surface area contributed by atoms with E-state index >= 15 is 0 Å². The lowest BCUT2D eigenvalue weighted by atomic mass is 9.91. The largest absolute Gasteiger partial charge is 0.410 e. The quantitative estimate of drug-likeness (QED) is 0.425. The summed E-state index contributed by atoms with van der Waals surface area (Å²) in [6.07, 6.45) is -3.95. The van der Waals surface area contributed by atoms with Gasteiger partial charge in [-0.25, -0.2) is 4.68 Å². The van der Waals surface area contributed by atoms with Crippen LogP contribution >= 0.6 is 0 Å². The predicted octanol–water partition coefficient (Wildman–Crippen LogP) is 4.67. The molecular weight excluding hydrogens is 477 g/mol. The van der Waals surface area contributed by atoms with E-state index in [9.17, 15) is 22.8 Å². The molecule has 0 spiro atoms. The van der Waals surface area contributed by atoms with E-state index in [1.165, 1.54) is 12.1 Å². The summed E-state index contributed by atoms with van der Waals surface area (Å²) in [5.74, 6) is -2.19. The number of rotatable bonds is 7. The van der Waals surface area contributed by atoms with Gasteiger partial charge in [-0.1, -0.05) is 50.2 Å². The van der Waals surface area contributed by atoms with Crippen LogP contribution in [0.2, 0.25) is 0 Å². The molecule has 0 aliphatic heterocycles. The first kappa shape index (κ1) is 26.8. The molecule has 2 amide bonds. The standard InChI is InChI=1S/C24H29F3N6O3/c1-12(22(35)30-17-10-16(32-36-17)11-23(3,4)5)14-6-8-15(9-7-14)19-18(21(29)34)20(28)33(31-19)13(2)24(25,26)27/h6-10,12-13H,11,28H2,1-5H3,(H2,29,34)(H,30,35). The number of nitrogens with two attached hydrogens (primary N) is 2.